The molecule has 1 unspecified atom stereocenters. The zero-order valence-corrected chi connectivity index (χ0v) is 20.7. The summed E-state index contributed by atoms with van der Waals surface area (Å²) in [5.74, 6) is -0.648. The summed E-state index contributed by atoms with van der Waals surface area (Å²) in [7, 11) is 0. The summed E-state index contributed by atoms with van der Waals surface area (Å²) in [4.78, 5) is 26.1. The second-order valence-electron chi connectivity index (χ2n) is 9.09. The molecule has 4 heteroatoms. The maximum Gasteiger partial charge on any atom is 0.241 e. The lowest BCUT2D eigenvalue weighted by Gasteiger charge is -2.14. The third-order valence-electron chi connectivity index (χ3n) is 6.29. The number of unbranched alkanes of at least 4 members (excludes halogenated alkanes) is 14. The molecule has 2 amide bonds. The predicted molar refractivity (Wildman–Crippen MR) is 135 cm³/mol. The molecular weight excluding hydrogens is 418 g/mol. The van der Waals surface area contributed by atoms with Crippen molar-refractivity contribution in [2.75, 3.05) is 4.90 Å². The first-order valence-electron chi connectivity index (χ1n) is 12.8. The number of hydrogen-bond donors (Lipinski definition) is 0. The highest BCUT2D eigenvalue weighted by molar-refractivity contribution is 6.30. The van der Waals surface area contributed by atoms with Gasteiger partial charge in [0, 0.05) is 17.5 Å². The van der Waals surface area contributed by atoms with Crippen LogP contribution in [-0.2, 0) is 9.59 Å². The average Bonchev–Trinajstić information content (AvgIpc) is 3.07. The Morgan fingerprint density at radius 3 is 2.00 bits per heavy atom. The van der Waals surface area contributed by atoms with Crippen molar-refractivity contribution in [2.24, 2.45) is 5.92 Å². The van der Waals surface area contributed by atoms with E-state index < -0.39 is 0 Å². The van der Waals surface area contributed by atoms with Crippen molar-refractivity contribution < 1.29 is 9.59 Å². The molecule has 32 heavy (non-hydrogen) atoms. The number of imide groups is 1. The molecule has 1 aromatic carbocycles. The number of allylic oxidation sites excluding steroid dienone is 1. The number of halogens is 1. The molecule has 1 heterocycles. The molecule has 2 rings (SSSR count). The van der Waals surface area contributed by atoms with E-state index in [0.717, 1.165) is 12.8 Å². The van der Waals surface area contributed by atoms with Gasteiger partial charge in [-0.05, 0) is 31.0 Å². The minimum atomic E-state index is -0.343. The van der Waals surface area contributed by atoms with Crippen LogP contribution in [0.15, 0.2) is 30.4 Å². The number of rotatable bonds is 17. The summed E-state index contributed by atoms with van der Waals surface area (Å²) < 4.78 is 0. The molecule has 0 bridgehead atoms. The quantitative estimate of drug-likeness (QED) is 0.133. The first-order chi connectivity index (χ1) is 15.6. The van der Waals surface area contributed by atoms with E-state index >= 15 is 0 Å². The van der Waals surface area contributed by atoms with Gasteiger partial charge in [-0.1, -0.05) is 114 Å². The van der Waals surface area contributed by atoms with Crippen LogP contribution in [0.25, 0.3) is 0 Å². The van der Waals surface area contributed by atoms with Gasteiger partial charge in [-0.25, -0.2) is 0 Å². The van der Waals surface area contributed by atoms with E-state index in [1.807, 2.05) is 6.08 Å². The Bertz CT molecular complexity index is 698. The number of carbonyl (C=O) groups is 2. The number of nitrogens with zero attached hydrogens (tertiary/aromatic N) is 1. The standard InChI is InChI=1S/C28H41ClNO2/c1-2-3-4-5-6-7-8-9-10-11-12-13-14-15-16-17-18-24-23-27(31)30(28(24)32)26-21-19-25(29)20-22-26/h17-19,21-22,24H,2-16,23H2,1H3. The molecule has 1 aromatic rings. The van der Waals surface area contributed by atoms with Crippen LogP contribution in [0.5, 0.6) is 0 Å². The lowest BCUT2D eigenvalue weighted by molar-refractivity contribution is -0.121. The largest absolute Gasteiger partial charge is 0.274 e. The summed E-state index contributed by atoms with van der Waals surface area (Å²) in [6.45, 7) is 2.27. The number of benzene rings is 1. The molecule has 0 N–H and O–H groups in total. The van der Waals surface area contributed by atoms with Crippen LogP contribution in [-0.4, -0.2) is 11.8 Å². The second kappa shape index (κ2) is 16.1. The van der Waals surface area contributed by atoms with Gasteiger partial charge in [0.1, 0.15) is 0 Å². The van der Waals surface area contributed by atoms with E-state index in [1.165, 1.54) is 88.4 Å². The number of amides is 2. The fourth-order valence-corrected chi connectivity index (χ4v) is 4.45. The van der Waals surface area contributed by atoms with Gasteiger partial charge in [-0.15, -0.1) is 0 Å². The van der Waals surface area contributed by atoms with Crippen molar-refractivity contribution in [1.82, 2.24) is 0 Å². The van der Waals surface area contributed by atoms with E-state index in [2.05, 4.69) is 19.1 Å². The average molecular weight is 459 g/mol. The lowest BCUT2D eigenvalue weighted by Crippen LogP contribution is -2.30. The molecule has 0 aliphatic carbocycles. The molecule has 1 atom stereocenters. The van der Waals surface area contributed by atoms with Crippen molar-refractivity contribution in [3.63, 3.8) is 0 Å². The van der Waals surface area contributed by atoms with Crippen molar-refractivity contribution in [3.05, 3.63) is 41.4 Å². The molecule has 1 fully saturated rings. The summed E-state index contributed by atoms with van der Waals surface area (Å²) >= 11 is 5.85. The van der Waals surface area contributed by atoms with Gasteiger partial charge in [-0.3, -0.25) is 14.5 Å². The number of anilines is 1. The first kappa shape index (κ1) is 26.6. The zero-order valence-electron chi connectivity index (χ0n) is 19.9. The van der Waals surface area contributed by atoms with Gasteiger partial charge in [0.15, 0.2) is 0 Å². The first-order valence-corrected chi connectivity index (χ1v) is 13.2. The van der Waals surface area contributed by atoms with Crippen LogP contribution in [0.3, 0.4) is 0 Å². The molecule has 177 valence electrons. The molecule has 1 saturated heterocycles. The molecular formula is C28H41ClNO2. The van der Waals surface area contributed by atoms with Crippen molar-refractivity contribution >= 4 is 29.1 Å². The fraction of sp³-hybridized carbons (Fsp3) is 0.643. The summed E-state index contributed by atoms with van der Waals surface area (Å²) in [5.41, 5.74) is 0.548. The van der Waals surface area contributed by atoms with Gasteiger partial charge >= 0.3 is 0 Å². The smallest absolute Gasteiger partial charge is 0.241 e. The molecule has 1 radical (unpaired) electrons. The van der Waals surface area contributed by atoms with Crippen LogP contribution in [0.2, 0.25) is 5.02 Å². The van der Waals surface area contributed by atoms with E-state index in [0.29, 0.717) is 10.7 Å². The van der Waals surface area contributed by atoms with E-state index in [-0.39, 0.29) is 24.2 Å². The highest BCUT2D eigenvalue weighted by Gasteiger charge is 2.37. The SMILES string of the molecule is CCCCCCCCCCCCCCCCC=CC1CC(=O)N(c2c[c]c(Cl)cc2)C1=O. The Morgan fingerprint density at radius 2 is 1.47 bits per heavy atom. The summed E-state index contributed by atoms with van der Waals surface area (Å²) in [6.07, 6.45) is 24.2. The highest BCUT2D eigenvalue weighted by Crippen LogP contribution is 2.28. The van der Waals surface area contributed by atoms with Crippen molar-refractivity contribution in [2.45, 2.75) is 110 Å². The summed E-state index contributed by atoms with van der Waals surface area (Å²) in [6, 6.07) is 7.77. The van der Waals surface area contributed by atoms with Crippen LogP contribution < -0.4 is 4.90 Å². The monoisotopic (exact) mass is 458 g/mol. The van der Waals surface area contributed by atoms with E-state index in [9.17, 15) is 9.59 Å². The molecule has 1 aliphatic rings. The van der Waals surface area contributed by atoms with Crippen LogP contribution in [0.1, 0.15) is 110 Å². The molecule has 1 aliphatic heterocycles. The molecule has 0 saturated carbocycles. The maximum absolute atomic E-state index is 12.6. The summed E-state index contributed by atoms with van der Waals surface area (Å²) in [5, 5.41) is 0.470. The molecule has 0 aromatic heterocycles. The van der Waals surface area contributed by atoms with E-state index in [4.69, 9.17) is 11.6 Å². The minimum absolute atomic E-state index is 0.150. The zero-order chi connectivity index (χ0) is 23.0. The van der Waals surface area contributed by atoms with Gasteiger partial charge in [-0.2, -0.15) is 0 Å². The Kier molecular flexibility index (Phi) is 13.4. The normalized spacial score (nSPS) is 16.6. The van der Waals surface area contributed by atoms with Crippen molar-refractivity contribution in [3.8, 4) is 0 Å². The van der Waals surface area contributed by atoms with Gasteiger partial charge in [0.05, 0.1) is 11.6 Å². The van der Waals surface area contributed by atoms with Gasteiger partial charge < -0.3 is 0 Å². The van der Waals surface area contributed by atoms with Gasteiger partial charge in [0.2, 0.25) is 11.8 Å². The molecule has 3 nitrogen and oxygen atoms in total. The number of hydrogen-bond acceptors (Lipinski definition) is 2. The van der Waals surface area contributed by atoms with Crippen molar-refractivity contribution in [1.29, 1.82) is 0 Å². The lowest BCUT2D eigenvalue weighted by atomic mass is 10.0. The van der Waals surface area contributed by atoms with Gasteiger partial charge in [0.25, 0.3) is 0 Å². The number of carbonyl (C=O) groups excluding carboxylic acids is 2. The highest BCUT2D eigenvalue weighted by atomic mass is 35.5. The van der Waals surface area contributed by atoms with Crippen LogP contribution in [0.4, 0.5) is 5.69 Å². The Balaban J connectivity index is 1.47. The van der Waals surface area contributed by atoms with Crippen LogP contribution >= 0.6 is 11.6 Å². The minimum Gasteiger partial charge on any atom is -0.274 e. The third-order valence-corrected chi connectivity index (χ3v) is 6.53. The Labute approximate surface area is 200 Å². The van der Waals surface area contributed by atoms with Crippen LogP contribution in [0, 0.1) is 12.0 Å². The Hall–Kier alpha value is -1.61. The predicted octanol–water partition coefficient (Wildman–Crippen LogP) is 8.45. The Morgan fingerprint density at radius 1 is 0.906 bits per heavy atom. The maximum atomic E-state index is 12.6. The molecule has 0 spiro atoms. The van der Waals surface area contributed by atoms with E-state index in [1.54, 1.807) is 18.2 Å². The third kappa shape index (κ3) is 9.90. The fourth-order valence-electron chi connectivity index (χ4n) is 4.33. The topological polar surface area (TPSA) is 37.4 Å². The second-order valence-corrected chi connectivity index (χ2v) is 9.49.